The van der Waals surface area contributed by atoms with Crippen molar-refractivity contribution in [1.82, 2.24) is 4.90 Å². The van der Waals surface area contributed by atoms with Gasteiger partial charge in [0.2, 0.25) is 5.91 Å². The van der Waals surface area contributed by atoms with E-state index in [1.165, 1.54) is 0 Å². The van der Waals surface area contributed by atoms with Gasteiger partial charge in [0.05, 0.1) is 5.41 Å². The summed E-state index contributed by atoms with van der Waals surface area (Å²) < 4.78 is 0. The van der Waals surface area contributed by atoms with Crippen LogP contribution in [0, 0.1) is 17.3 Å². The minimum absolute atomic E-state index is 0.226. The number of hydrogen-bond acceptors (Lipinski definition) is 2. The zero-order valence-electron chi connectivity index (χ0n) is 11.2. The highest BCUT2D eigenvalue weighted by Crippen LogP contribution is 2.40. The largest absolute Gasteiger partial charge is 0.342 e. The van der Waals surface area contributed by atoms with E-state index in [0.717, 1.165) is 51.1 Å². The Bertz CT molecular complexity index is 282. The number of nitrogens with zero attached hydrogens (tertiary/aromatic N) is 1. The van der Waals surface area contributed by atoms with Crippen molar-refractivity contribution in [2.75, 3.05) is 19.6 Å². The van der Waals surface area contributed by atoms with Crippen LogP contribution in [0.25, 0.3) is 0 Å². The molecule has 0 radical (unpaired) electrons. The predicted molar refractivity (Wildman–Crippen MR) is 69.5 cm³/mol. The summed E-state index contributed by atoms with van der Waals surface area (Å²) in [5, 5.41) is 0. The second-order valence-corrected chi connectivity index (χ2v) is 6.31. The first kappa shape index (κ1) is 12.9. The Morgan fingerprint density at radius 2 is 1.88 bits per heavy atom. The van der Waals surface area contributed by atoms with Crippen LogP contribution in [-0.4, -0.2) is 30.4 Å². The van der Waals surface area contributed by atoms with Gasteiger partial charge >= 0.3 is 0 Å². The minimum Gasteiger partial charge on any atom is -0.342 e. The van der Waals surface area contributed by atoms with Gasteiger partial charge < -0.3 is 10.6 Å². The average molecular weight is 238 g/mol. The fraction of sp³-hybridized carbons (Fsp3) is 0.929. The van der Waals surface area contributed by atoms with Gasteiger partial charge in [-0.3, -0.25) is 4.79 Å². The first-order valence-electron chi connectivity index (χ1n) is 7.07. The van der Waals surface area contributed by atoms with Gasteiger partial charge in [-0.2, -0.15) is 0 Å². The number of rotatable bonds is 2. The molecule has 1 heterocycles. The van der Waals surface area contributed by atoms with Crippen LogP contribution in [0.3, 0.4) is 0 Å². The van der Waals surface area contributed by atoms with E-state index in [4.69, 9.17) is 5.73 Å². The van der Waals surface area contributed by atoms with Crippen LogP contribution >= 0.6 is 0 Å². The quantitative estimate of drug-likeness (QED) is 0.800. The van der Waals surface area contributed by atoms with E-state index < -0.39 is 0 Å². The molecule has 1 saturated heterocycles. The SMILES string of the molecule is CC1CCC(CN)(C(=O)N2CCC(C)C2)CC1. The molecule has 0 aromatic carbocycles. The van der Waals surface area contributed by atoms with Crippen molar-refractivity contribution in [3.05, 3.63) is 0 Å². The van der Waals surface area contributed by atoms with E-state index in [1.54, 1.807) is 0 Å². The molecule has 2 N–H and O–H groups in total. The third-order valence-electron chi connectivity index (χ3n) is 4.79. The fourth-order valence-electron chi connectivity index (χ4n) is 3.27. The fourth-order valence-corrected chi connectivity index (χ4v) is 3.27. The molecule has 0 bridgehead atoms. The zero-order chi connectivity index (χ0) is 12.5. The standard InChI is InChI=1S/C14H26N2O/c1-11-3-6-14(10-15,7-4-11)13(17)16-8-5-12(2)9-16/h11-12H,3-10,15H2,1-2H3. The maximum atomic E-state index is 12.7. The number of carbonyl (C=O) groups excluding carboxylic acids is 1. The molecule has 2 rings (SSSR count). The third-order valence-corrected chi connectivity index (χ3v) is 4.79. The number of carbonyl (C=O) groups is 1. The summed E-state index contributed by atoms with van der Waals surface area (Å²) in [5.74, 6) is 1.77. The second-order valence-electron chi connectivity index (χ2n) is 6.31. The van der Waals surface area contributed by atoms with Crippen LogP contribution in [-0.2, 0) is 4.79 Å². The molecular weight excluding hydrogens is 212 g/mol. The lowest BCUT2D eigenvalue weighted by atomic mass is 9.70. The van der Waals surface area contributed by atoms with E-state index in [9.17, 15) is 4.79 Å². The summed E-state index contributed by atoms with van der Waals surface area (Å²) in [6.45, 7) is 6.92. The number of amides is 1. The van der Waals surface area contributed by atoms with Gasteiger partial charge in [0.25, 0.3) is 0 Å². The van der Waals surface area contributed by atoms with Crippen molar-refractivity contribution in [1.29, 1.82) is 0 Å². The van der Waals surface area contributed by atoms with Gasteiger partial charge in [-0.05, 0) is 43.9 Å². The van der Waals surface area contributed by atoms with E-state index in [0.29, 0.717) is 18.4 Å². The monoisotopic (exact) mass is 238 g/mol. The summed E-state index contributed by atoms with van der Waals surface area (Å²) in [6, 6.07) is 0. The minimum atomic E-state index is -0.226. The van der Waals surface area contributed by atoms with Gasteiger partial charge in [0, 0.05) is 19.6 Å². The Kier molecular flexibility index (Phi) is 3.76. The van der Waals surface area contributed by atoms with E-state index >= 15 is 0 Å². The highest BCUT2D eigenvalue weighted by molar-refractivity contribution is 5.83. The van der Waals surface area contributed by atoms with Crippen molar-refractivity contribution >= 4 is 5.91 Å². The molecule has 3 heteroatoms. The number of hydrogen-bond donors (Lipinski definition) is 1. The first-order chi connectivity index (χ1) is 8.07. The summed E-state index contributed by atoms with van der Waals surface area (Å²) in [5.41, 5.74) is 5.71. The lowest BCUT2D eigenvalue weighted by Gasteiger charge is -2.39. The van der Waals surface area contributed by atoms with Gasteiger partial charge in [0.1, 0.15) is 0 Å². The number of likely N-dealkylation sites (tertiary alicyclic amines) is 1. The van der Waals surface area contributed by atoms with Crippen LogP contribution in [0.4, 0.5) is 0 Å². The smallest absolute Gasteiger partial charge is 0.230 e. The Labute approximate surface area is 105 Å². The van der Waals surface area contributed by atoms with E-state index in [2.05, 4.69) is 18.7 Å². The van der Waals surface area contributed by atoms with Gasteiger partial charge in [-0.15, -0.1) is 0 Å². The Morgan fingerprint density at radius 1 is 1.24 bits per heavy atom. The molecule has 1 unspecified atom stereocenters. The maximum absolute atomic E-state index is 12.7. The summed E-state index contributed by atoms with van der Waals surface area (Å²) in [7, 11) is 0. The third kappa shape index (κ3) is 2.49. The molecule has 1 aliphatic heterocycles. The van der Waals surface area contributed by atoms with Crippen molar-refractivity contribution in [2.24, 2.45) is 23.0 Å². The van der Waals surface area contributed by atoms with Crippen LogP contribution < -0.4 is 5.73 Å². The van der Waals surface area contributed by atoms with Gasteiger partial charge in [-0.25, -0.2) is 0 Å². The lowest BCUT2D eigenvalue weighted by Crippen LogP contribution is -2.49. The normalized spacial score (nSPS) is 38.4. The summed E-state index contributed by atoms with van der Waals surface area (Å²) in [6.07, 6.45) is 5.46. The molecule has 2 aliphatic rings. The molecule has 1 saturated carbocycles. The van der Waals surface area contributed by atoms with Crippen LogP contribution in [0.1, 0.15) is 46.0 Å². The van der Waals surface area contributed by atoms with E-state index in [1.807, 2.05) is 0 Å². The number of nitrogens with two attached hydrogens (primary N) is 1. The predicted octanol–water partition coefficient (Wildman–Crippen LogP) is 2.01. The van der Waals surface area contributed by atoms with Gasteiger partial charge in [0.15, 0.2) is 0 Å². The molecule has 1 atom stereocenters. The Hall–Kier alpha value is -0.570. The maximum Gasteiger partial charge on any atom is 0.230 e. The van der Waals surface area contributed by atoms with Crippen molar-refractivity contribution in [2.45, 2.75) is 46.0 Å². The molecule has 98 valence electrons. The van der Waals surface area contributed by atoms with Crippen LogP contribution in [0.15, 0.2) is 0 Å². The molecule has 3 nitrogen and oxygen atoms in total. The summed E-state index contributed by atoms with van der Waals surface area (Å²) >= 11 is 0. The topological polar surface area (TPSA) is 46.3 Å². The molecule has 0 aromatic rings. The Balaban J connectivity index is 2.04. The van der Waals surface area contributed by atoms with E-state index in [-0.39, 0.29) is 5.41 Å². The molecule has 17 heavy (non-hydrogen) atoms. The highest BCUT2D eigenvalue weighted by Gasteiger charge is 2.43. The molecule has 1 aliphatic carbocycles. The van der Waals surface area contributed by atoms with Crippen LogP contribution in [0.2, 0.25) is 0 Å². The average Bonchev–Trinajstić information content (AvgIpc) is 2.76. The second kappa shape index (κ2) is 4.97. The highest BCUT2D eigenvalue weighted by atomic mass is 16.2. The van der Waals surface area contributed by atoms with Crippen molar-refractivity contribution < 1.29 is 4.79 Å². The lowest BCUT2D eigenvalue weighted by molar-refractivity contribution is -0.143. The van der Waals surface area contributed by atoms with Crippen molar-refractivity contribution in [3.63, 3.8) is 0 Å². The molecular formula is C14H26N2O. The first-order valence-corrected chi connectivity index (χ1v) is 7.07. The molecule has 0 aromatic heterocycles. The van der Waals surface area contributed by atoms with Crippen molar-refractivity contribution in [3.8, 4) is 0 Å². The molecule has 1 amide bonds. The summed E-state index contributed by atoms with van der Waals surface area (Å²) in [4.78, 5) is 14.7. The zero-order valence-corrected chi connectivity index (χ0v) is 11.2. The Morgan fingerprint density at radius 3 is 2.35 bits per heavy atom. The van der Waals surface area contributed by atoms with Crippen LogP contribution in [0.5, 0.6) is 0 Å². The molecule has 2 fully saturated rings. The van der Waals surface area contributed by atoms with Gasteiger partial charge in [-0.1, -0.05) is 13.8 Å². The molecule has 0 spiro atoms.